The first-order valence-electron chi connectivity index (χ1n) is 4.77. The van der Waals surface area contributed by atoms with Gasteiger partial charge in [0.25, 0.3) is 5.91 Å². The van der Waals surface area contributed by atoms with Gasteiger partial charge in [0.15, 0.2) is 0 Å². The molecule has 0 aliphatic carbocycles. The summed E-state index contributed by atoms with van der Waals surface area (Å²) >= 11 is 2.01. The Morgan fingerprint density at radius 3 is 2.73 bits per heavy atom. The summed E-state index contributed by atoms with van der Waals surface area (Å²) in [6.07, 6.45) is 0. The molecule has 3 nitrogen and oxygen atoms in total. The molecule has 82 valence electrons. The van der Waals surface area contributed by atoms with Gasteiger partial charge in [0.1, 0.15) is 5.75 Å². The molecule has 0 aliphatic rings. The van der Waals surface area contributed by atoms with E-state index in [0.717, 1.165) is 3.57 Å². The number of amides is 1. The number of halogens is 1. The number of aromatic hydroxyl groups is 1. The highest BCUT2D eigenvalue weighted by Gasteiger charge is 2.07. The maximum Gasteiger partial charge on any atom is 0.251 e. The molecule has 0 atom stereocenters. The number of nitrogens with one attached hydrogen (secondary N) is 1. The minimum Gasteiger partial charge on any atom is -0.507 e. The standard InChI is InChI=1S/C11H14INO2/c1-7(2)6-13-11(15)8-3-4-9(12)10(14)5-8/h3-5,7,14H,6H2,1-2H3,(H,13,15). The zero-order chi connectivity index (χ0) is 11.4. The lowest BCUT2D eigenvalue weighted by atomic mass is 10.2. The van der Waals surface area contributed by atoms with Crippen molar-refractivity contribution in [3.63, 3.8) is 0 Å². The van der Waals surface area contributed by atoms with Crippen LogP contribution >= 0.6 is 22.6 Å². The maximum atomic E-state index is 11.6. The lowest BCUT2D eigenvalue weighted by molar-refractivity contribution is 0.0948. The van der Waals surface area contributed by atoms with Crippen LogP contribution in [0.1, 0.15) is 24.2 Å². The second-order valence-corrected chi connectivity index (χ2v) is 4.93. The first kappa shape index (κ1) is 12.3. The average molecular weight is 319 g/mol. The topological polar surface area (TPSA) is 49.3 Å². The number of phenolic OH excluding ortho intramolecular Hbond substituents is 1. The number of carbonyl (C=O) groups excluding carboxylic acids is 1. The Hall–Kier alpha value is -0.780. The molecule has 2 N–H and O–H groups in total. The van der Waals surface area contributed by atoms with Crippen LogP contribution in [0.3, 0.4) is 0 Å². The predicted octanol–water partition coefficient (Wildman–Crippen LogP) is 2.38. The monoisotopic (exact) mass is 319 g/mol. The normalized spacial score (nSPS) is 10.4. The molecule has 4 heteroatoms. The lowest BCUT2D eigenvalue weighted by Crippen LogP contribution is -2.27. The van der Waals surface area contributed by atoms with Crippen LogP contribution in [0.25, 0.3) is 0 Å². The van der Waals surface area contributed by atoms with Gasteiger partial charge in [-0.15, -0.1) is 0 Å². The SMILES string of the molecule is CC(C)CNC(=O)c1ccc(I)c(O)c1. The average Bonchev–Trinajstić information content (AvgIpc) is 2.18. The van der Waals surface area contributed by atoms with E-state index < -0.39 is 0 Å². The summed E-state index contributed by atoms with van der Waals surface area (Å²) in [5.41, 5.74) is 0.494. The highest BCUT2D eigenvalue weighted by Crippen LogP contribution is 2.20. The molecule has 0 fully saturated rings. The van der Waals surface area contributed by atoms with Crippen LogP contribution < -0.4 is 5.32 Å². The van der Waals surface area contributed by atoms with E-state index in [4.69, 9.17) is 0 Å². The molecular formula is C11H14INO2. The Balaban J connectivity index is 2.70. The van der Waals surface area contributed by atoms with Crippen LogP contribution in [0.2, 0.25) is 0 Å². The molecule has 0 unspecified atom stereocenters. The summed E-state index contributed by atoms with van der Waals surface area (Å²) < 4.78 is 0.744. The summed E-state index contributed by atoms with van der Waals surface area (Å²) in [6, 6.07) is 4.91. The molecule has 0 bridgehead atoms. The summed E-state index contributed by atoms with van der Waals surface area (Å²) in [6.45, 7) is 4.71. The molecule has 0 saturated carbocycles. The van der Waals surface area contributed by atoms with Crippen LogP contribution in [0.15, 0.2) is 18.2 Å². The smallest absolute Gasteiger partial charge is 0.251 e. The van der Waals surface area contributed by atoms with E-state index in [9.17, 15) is 9.90 Å². The van der Waals surface area contributed by atoms with Crippen molar-refractivity contribution in [2.45, 2.75) is 13.8 Å². The van der Waals surface area contributed by atoms with Crippen molar-refractivity contribution in [3.05, 3.63) is 27.3 Å². The van der Waals surface area contributed by atoms with Gasteiger partial charge in [0.05, 0.1) is 3.57 Å². The van der Waals surface area contributed by atoms with Gasteiger partial charge in [-0.2, -0.15) is 0 Å². The van der Waals surface area contributed by atoms with Crippen molar-refractivity contribution in [3.8, 4) is 5.75 Å². The molecular weight excluding hydrogens is 305 g/mol. The van der Waals surface area contributed by atoms with Gasteiger partial charge in [-0.3, -0.25) is 4.79 Å². The molecule has 0 heterocycles. The van der Waals surface area contributed by atoms with Crippen molar-refractivity contribution < 1.29 is 9.90 Å². The van der Waals surface area contributed by atoms with E-state index in [-0.39, 0.29) is 11.7 Å². The number of benzene rings is 1. The van der Waals surface area contributed by atoms with Gasteiger partial charge in [0.2, 0.25) is 0 Å². The number of hydrogen-bond acceptors (Lipinski definition) is 2. The van der Waals surface area contributed by atoms with Crippen molar-refractivity contribution in [1.29, 1.82) is 0 Å². The fourth-order valence-corrected chi connectivity index (χ4v) is 1.39. The van der Waals surface area contributed by atoms with Gasteiger partial charge in [-0.25, -0.2) is 0 Å². The second kappa shape index (κ2) is 5.34. The molecule has 0 aromatic heterocycles. The van der Waals surface area contributed by atoms with Gasteiger partial charge in [-0.1, -0.05) is 13.8 Å². The Morgan fingerprint density at radius 1 is 1.53 bits per heavy atom. The minimum absolute atomic E-state index is 0.143. The summed E-state index contributed by atoms with van der Waals surface area (Å²) in [7, 11) is 0. The lowest BCUT2D eigenvalue weighted by Gasteiger charge is -2.08. The molecule has 1 aromatic rings. The van der Waals surface area contributed by atoms with Crippen LogP contribution in [0.4, 0.5) is 0 Å². The molecule has 0 aliphatic heterocycles. The van der Waals surface area contributed by atoms with Crippen molar-refractivity contribution in [2.75, 3.05) is 6.54 Å². The third-order valence-electron chi connectivity index (χ3n) is 1.88. The molecule has 1 rings (SSSR count). The first-order chi connectivity index (χ1) is 7.00. The van der Waals surface area contributed by atoms with Crippen LogP contribution in [-0.2, 0) is 0 Å². The van der Waals surface area contributed by atoms with Crippen LogP contribution in [0.5, 0.6) is 5.75 Å². The molecule has 0 radical (unpaired) electrons. The van der Waals surface area contributed by atoms with Gasteiger partial charge in [0, 0.05) is 12.1 Å². The van der Waals surface area contributed by atoms with Crippen LogP contribution in [0, 0.1) is 9.49 Å². The van der Waals surface area contributed by atoms with Gasteiger partial charge < -0.3 is 10.4 Å². The van der Waals surface area contributed by atoms with Crippen LogP contribution in [-0.4, -0.2) is 17.6 Å². The molecule has 0 spiro atoms. The molecule has 15 heavy (non-hydrogen) atoms. The zero-order valence-electron chi connectivity index (χ0n) is 8.75. The second-order valence-electron chi connectivity index (χ2n) is 3.77. The Morgan fingerprint density at radius 2 is 2.20 bits per heavy atom. The molecule has 0 saturated heterocycles. The van der Waals surface area contributed by atoms with E-state index in [1.807, 2.05) is 36.4 Å². The number of carbonyl (C=O) groups is 1. The highest BCUT2D eigenvalue weighted by molar-refractivity contribution is 14.1. The number of phenols is 1. The Bertz CT molecular complexity index is 364. The van der Waals surface area contributed by atoms with E-state index in [2.05, 4.69) is 5.32 Å². The molecule has 1 aromatic carbocycles. The van der Waals surface area contributed by atoms with E-state index in [0.29, 0.717) is 18.0 Å². The largest absolute Gasteiger partial charge is 0.507 e. The van der Waals surface area contributed by atoms with Gasteiger partial charge >= 0.3 is 0 Å². The maximum absolute atomic E-state index is 11.6. The third kappa shape index (κ3) is 3.70. The predicted molar refractivity (Wildman–Crippen MR) is 68.0 cm³/mol. The van der Waals surface area contributed by atoms with Crippen molar-refractivity contribution in [2.24, 2.45) is 5.92 Å². The summed E-state index contributed by atoms with van der Waals surface area (Å²) in [5, 5.41) is 12.2. The number of hydrogen-bond donors (Lipinski definition) is 2. The summed E-state index contributed by atoms with van der Waals surface area (Å²) in [4.78, 5) is 11.6. The Labute approximate surface area is 103 Å². The van der Waals surface area contributed by atoms with Gasteiger partial charge in [-0.05, 0) is 46.7 Å². The number of rotatable bonds is 3. The fourth-order valence-electron chi connectivity index (χ4n) is 1.05. The van der Waals surface area contributed by atoms with E-state index in [1.165, 1.54) is 6.07 Å². The molecule has 1 amide bonds. The minimum atomic E-state index is -0.143. The third-order valence-corrected chi connectivity index (χ3v) is 2.79. The van der Waals surface area contributed by atoms with E-state index >= 15 is 0 Å². The summed E-state index contributed by atoms with van der Waals surface area (Å²) in [5.74, 6) is 0.426. The Kier molecular flexibility index (Phi) is 4.38. The fraction of sp³-hybridized carbons (Fsp3) is 0.364. The van der Waals surface area contributed by atoms with Crippen molar-refractivity contribution >= 4 is 28.5 Å². The van der Waals surface area contributed by atoms with Crippen molar-refractivity contribution in [1.82, 2.24) is 5.32 Å². The zero-order valence-corrected chi connectivity index (χ0v) is 10.9. The quantitative estimate of drug-likeness (QED) is 0.841. The first-order valence-corrected chi connectivity index (χ1v) is 5.85. The highest BCUT2D eigenvalue weighted by atomic mass is 127. The van der Waals surface area contributed by atoms with E-state index in [1.54, 1.807) is 12.1 Å².